The van der Waals surface area contributed by atoms with Gasteiger partial charge in [-0.2, -0.15) is 0 Å². The minimum absolute atomic E-state index is 0.213. The summed E-state index contributed by atoms with van der Waals surface area (Å²) in [4.78, 5) is 0. The Bertz CT molecular complexity index is 830. The van der Waals surface area contributed by atoms with E-state index in [2.05, 4.69) is 30.3 Å². The fourth-order valence-electron chi connectivity index (χ4n) is 13.6. The Balaban J connectivity index is 1.30. The Morgan fingerprint density at radius 2 is 1.14 bits per heavy atom. The predicted molar refractivity (Wildman–Crippen MR) is 107 cm³/mol. The molecule has 0 bridgehead atoms. The van der Waals surface area contributed by atoms with E-state index in [9.17, 15) is 5.11 Å². The van der Waals surface area contributed by atoms with Gasteiger partial charge in [0, 0.05) is 12.0 Å². The fourth-order valence-corrected chi connectivity index (χ4v) is 13.6. The van der Waals surface area contributed by atoms with Crippen LogP contribution in [0.3, 0.4) is 0 Å². The Morgan fingerprint density at radius 3 is 1.71 bits per heavy atom. The van der Waals surface area contributed by atoms with Crippen LogP contribution in [-0.4, -0.2) is 11.7 Å². The lowest BCUT2D eigenvalue weighted by molar-refractivity contribution is -0.0119. The van der Waals surface area contributed by atoms with Gasteiger partial charge in [0.2, 0.25) is 0 Å². The zero-order valence-electron chi connectivity index (χ0n) is 16.7. The van der Waals surface area contributed by atoms with Crippen molar-refractivity contribution in [2.24, 2.45) is 88.3 Å². The molecule has 3 unspecified atom stereocenters. The highest BCUT2D eigenvalue weighted by molar-refractivity contribution is 5.35. The molecule has 1 aromatic rings. The number of aliphatic hydroxyl groups excluding tert-OH is 1. The first-order valence-corrected chi connectivity index (χ1v) is 12.5. The lowest BCUT2D eigenvalue weighted by Crippen LogP contribution is -2.44. The van der Waals surface area contributed by atoms with E-state index < -0.39 is 0 Å². The van der Waals surface area contributed by atoms with E-state index >= 15 is 0 Å². The van der Waals surface area contributed by atoms with Gasteiger partial charge < -0.3 is 5.11 Å². The maximum absolute atomic E-state index is 11.2. The number of hydrogen-bond acceptors (Lipinski definition) is 1. The quantitative estimate of drug-likeness (QED) is 0.828. The summed E-state index contributed by atoms with van der Waals surface area (Å²) in [5, 5.41) is 11.2. The van der Waals surface area contributed by atoms with Crippen LogP contribution in [0.2, 0.25) is 0 Å². The summed E-state index contributed by atoms with van der Waals surface area (Å²) in [7, 11) is 0. The Labute approximate surface area is 168 Å². The van der Waals surface area contributed by atoms with E-state index in [1.54, 1.807) is 12.8 Å². The van der Waals surface area contributed by atoms with Gasteiger partial charge in [-0.25, -0.2) is 0 Å². The first kappa shape index (κ1) is 15.1. The van der Waals surface area contributed by atoms with Crippen molar-refractivity contribution in [2.45, 2.75) is 32.1 Å². The highest BCUT2D eigenvalue weighted by Gasteiger charge is 2.87. The van der Waals surface area contributed by atoms with E-state index in [-0.39, 0.29) is 5.41 Å². The fraction of sp³-hybridized carbons (Fsp3) is 0.778. The molecule has 1 aromatic carbocycles. The van der Waals surface area contributed by atoms with Gasteiger partial charge in [-0.3, -0.25) is 0 Å². The standard InChI is InChI=1S/C27H32O/c28-11-27(10-12-4-2-1-3-5-12)25-15-8-6-13-17-14-7-9-16-19(14)22-20(17)21(18(13)15)23(25)24(22)26(16)27/h1-5,13-26,28H,6-11H2/t13-,14+,15-,16-,17?,18+,19-,20?,21+,22-,23-,24+,25-,26+,27?/m1/s1. The highest BCUT2D eigenvalue weighted by atomic mass is 16.3. The summed E-state index contributed by atoms with van der Waals surface area (Å²) in [6, 6.07) is 11.3. The van der Waals surface area contributed by atoms with E-state index in [4.69, 9.17) is 0 Å². The second-order valence-electron chi connectivity index (χ2n) is 12.5. The first-order chi connectivity index (χ1) is 13.8. The third-order valence-electron chi connectivity index (χ3n) is 12.9. The van der Waals surface area contributed by atoms with E-state index in [0.29, 0.717) is 6.61 Å². The minimum atomic E-state index is 0.213. The molecule has 8 aliphatic rings. The Morgan fingerprint density at radius 1 is 0.643 bits per heavy atom. The third kappa shape index (κ3) is 1.24. The Hall–Kier alpha value is -0.820. The Kier molecular flexibility index (Phi) is 2.38. The smallest absolute Gasteiger partial charge is 0.0496 e. The molecular weight excluding hydrogens is 340 g/mol. The molecule has 0 radical (unpaired) electrons. The molecule has 0 amide bonds. The second kappa shape index (κ2) is 4.43. The topological polar surface area (TPSA) is 20.2 Å². The molecule has 1 heteroatoms. The van der Waals surface area contributed by atoms with Gasteiger partial charge in [0.05, 0.1) is 0 Å². The summed E-state index contributed by atoms with van der Waals surface area (Å²) in [5.74, 6) is 14.6. The molecule has 15 atom stereocenters. The summed E-state index contributed by atoms with van der Waals surface area (Å²) >= 11 is 0. The summed E-state index contributed by atoms with van der Waals surface area (Å²) in [5.41, 5.74) is 1.72. The molecule has 9 rings (SSSR count). The van der Waals surface area contributed by atoms with Crippen molar-refractivity contribution in [1.82, 2.24) is 0 Å². The second-order valence-corrected chi connectivity index (χ2v) is 12.5. The normalized spacial score (nSPS) is 67.3. The molecule has 8 saturated carbocycles. The van der Waals surface area contributed by atoms with Crippen LogP contribution in [-0.2, 0) is 6.42 Å². The molecule has 0 spiro atoms. The first-order valence-electron chi connectivity index (χ1n) is 12.5. The van der Waals surface area contributed by atoms with Gasteiger partial charge in [0.1, 0.15) is 0 Å². The molecule has 0 aromatic heterocycles. The van der Waals surface area contributed by atoms with Crippen LogP contribution in [0.4, 0.5) is 0 Å². The largest absolute Gasteiger partial charge is 0.396 e. The van der Waals surface area contributed by atoms with Crippen LogP contribution >= 0.6 is 0 Å². The van der Waals surface area contributed by atoms with Crippen LogP contribution in [0, 0.1) is 88.3 Å². The highest BCUT2D eigenvalue weighted by Crippen LogP contribution is 2.90. The zero-order valence-corrected chi connectivity index (χ0v) is 16.7. The minimum Gasteiger partial charge on any atom is -0.396 e. The SMILES string of the molecule is OCC1(Cc2ccccc2)[C@@H]2[C@@H]3CC[C@@H]4C5C6[C@H]7[C@H]8[C@@H](CC[C@@H]58)[C@H]1[C@@H]7[C@H]2[C@H]6[C@H]34. The molecule has 1 N–H and O–H groups in total. The van der Waals surface area contributed by atoms with Crippen LogP contribution in [0.5, 0.6) is 0 Å². The lowest BCUT2D eigenvalue weighted by Gasteiger charge is -2.44. The number of fused-ring (bicyclic) bond motifs is 4. The monoisotopic (exact) mass is 372 g/mol. The van der Waals surface area contributed by atoms with Crippen LogP contribution in [0.15, 0.2) is 30.3 Å². The maximum atomic E-state index is 11.2. The number of benzene rings is 1. The van der Waals surface area contributed by atoms with Gasteiger partial charge in [0.15, 0.2) is 0 Å². The van der Waals surface area contributed by atoms with Crippen molar-refractivity contribution in [3.63, 3.8) is 0 Å². The van der Waals surface area contributed by atoms with Crippen LogP contribution in [0.25, 0.3) is 0 Å². The molecule has 0 heterocycles. The van der Waals surface area contributed by atoms with Crippen LogP contribution < -0.4 is 0 Å². The molecule has 0 aliphatic heterocycles. The molecule has 8 fully saturated rings. The molecule has 0 saturated heterocycles. The molecule has 1 nitrogen and oxygen atoms in total. The average molecular weight is 373 g/mol. The van der Waals surface area contributed by atoms with Gasteiger partial charge in [-0.05, 0) is 121 Å². The van der Waals surface area contributed by atoms with Crippen molar-refractivity contribution in [3.8, 4) is 0 Å². The van der Waals surface area contributed by atoms with Crippen molar-refractivity contribution >= 4 is 0 Å². The molecule has 28 heavy (non-hydrogen) atoms. The molecule has 146 valence electrons. The molecule has 8 aliphatic carbocycles. The van der Waals surface area contributed by atoms with Gasteiger partial charge in [-0.15, -0.1) is 0 Å². The van der Waals surface area contributed by atoms with Crippen molar-refractivity contribution in [2.75, 3.05) is 6.61 Å². The summed E-state index contributed by atoms with van der Waals surface area (Å²) in [6.07, 6.45) is 7.30. The summed E-state index contributed by atoms with van der Waals surface area (Å²) < 4.78 is 0. The van der Waals surface area contributed by atoms with Gasteiger partial charge >= 0.3 is 0 Å². The van der Waals surface area contributed by atoms with Crippen molar-refractivity contribution in [1.29, 1.82) is 0 Å². The molecular formula is C27H32O. The number of hydrogen-bond donors (Lipinski definition) is 1. The predicted octanol–water partition coefficient (Wildman–Crippen LogP) is 4.50. The van der Waals surface area contributed by atoms with Crippen molar-refractivity contribution < 1.29 is 5.11 Å². The van der Waals surface area contributed by atoms with Crippen LogP contribution in [0.1, 0.15) is 31.2 Å². The van der Waals surface area contributed by atoms with E-state index in [0.717, 1.165) is 82.9 Å². The van der Waals surface area contributed by atoms with E-state index in [1.807, 2.05) is 0 Å². The maximum Gasteiger partial charge on any atom is 0.0496 e. The lowest BCUT2D eigenvalue weighted by atomic mass is 9.60. The number of aliphatic hydroxyl groups is 1. The zero-order chi connectivity index (χ0) is 17.9. The summed E-state index contributed by atoms with van der Waals surface area (Å²) in [6.45, 7) is 0.472. The third-order valence-corrected chi connectivity index (χ3v) is 12.9. The van der Waals surface area contributed by atoms with E-state index in [1.165, 1.54) is 24.8 Å². The average Bonchev–Trinajstić information content (AvgIpc) is 3.48. The van der Waals surface area contributed by atoms with Crippen molar-refractivity contribution in [3.05, 3.63) is 35.9 Å². The van der Waals surface area contributed by atoms with Gasteiger partial charge in [-0.1, -0.05) is 30.3 Å². The van der Waals surface area contributed by atoms with Gasteiger partial charge in [0.25, 0.3) is 0 Å². The number of rotatable bonds is 3.